The third-order valence-electron chi connectivity index (χ3n) is 3.38. The zero-order valence-corrected chi connectivity index (χ0v) is 10.3. The van der Waals surface area contributed by atoms with Gasteiger partial charge in [0.2, 0.25) is 0 Å². The van der Waals surface area contributed by atoms with E-state index in [0.29, 0.717) is 5.92 Å². The van der Waals surface area contributed by atoms with Gasteiger partial charge < -0.3 is 14.6 Å². The van der Waals surface area contributed by atoms with Gasteiger partial charge in [0.05, 0.1) is 6.10 Å². The third-order valence-corrected chi connectivity index (χ3v) is 3.38. The Hall–Kier alpha value is -1.06. The van der Waals surface area contributed by atoms with E-state index in [2.05, 4.69) is 12.1 Å². The van der Waals surface area contributed by atoms with E-state index >= 15 is 0 Å². The number of hydrogen-bond donors (Lipinski definition) is 1. The average Bonchev–Trinajstić information content (AvgIpc) is 2.74. The molecule has 2 rings (SSSR count). The second-order valence-corrected chi connectivity index (χ2v) is 4.66. The highest BCUT2D eigenvalue weighted by Gasteiger charge is 2.24. The van der Waals surface area contributed by atoms with Crippen LogP contribution >= 0.6 is 0 Å². The van der Waals surface area contributed by atoms with Crippen LogP contribution in [0.3, 0.4) is 0 Å². The first-order chi connectivity index (χ1) is 8.29. The molecule has 0 unspecified atom stereocenters. The van der Waals surface area contributed by atoms with Gasteiger partial charge in [-0.05, 0) is 42.9 Å². The number of aliphatic hydroxyl groups is 1. The van der Waals surface area contributed by atoms with Crippen LogP contribution in [0.5, 0.6) is 5.75 Å². The second-order valence-electron chi connectivity index (χ2n) is 4.66. The maximum absolute atomic E-state index is 9.78. The zero-order valence-electron chi connectivity index (χ0n) is 10.3. The number of rotatable bonds is 5. The van der Waals surface area contributed by atoms with E-state index in [0.717, 1.165) is 31.4 Å². The van der Waals surface area contributed by atoms with Crippen molar-refractivity contribution >= 4 is 0 Å². The van der Waals surface area contributed by atoms with Crippen LogP contribution in [0.2, 0.25) is 0 Å². The number of methoxy groups -OCH3 is 1. The fourth-order valence-corrected chi connectivity index (χ4v) is 2.41. The van der Waals surface area contributed by atoms with Gasteiger partial charge in [-0.1, -0.05) is 18.6 Å². The summed E-state index contributed by atoms with van der Waals surface area (Å²) in [6.45, 7) is 0.278. The number of benzene rings is 1. The molecular weight excluding hydrogens is 216 g/mol. The van der Waals surface area contributed by atoms with Crippen LogP contribution in [0.1, 0.15) is 24.8 Å². The first-order valence-electron chi connectivity index (χ1n) is 6.18. The molecule has 1 aromatic rings. The van der Waals surface area contributed by atoms with Gasteiger partial charge in [0.1, 0.15) is 5.75 Å². The molecule has 1 fully saturated rings. The Labute approximate surface area is 102 Å². The van der Waals surface area contributed by atoms with E-state index in [4.69, 9.17) is 9.47 Å². The quantitative estimate of drug-likeness (QED) is 0.798. The summed E-state index contributed by atoms with van der Waals surface area (Å²) < 4.78 is 10.2. The normalized spacial score (nSPS) is 23.9. The fourth-order valence-electron chi connectivity index (χ4n) is 2.41. The number of aliphatic hydroxyl groups excluding tert-OH is 1. The third kappa shape index (κ3) is 3.45. The van der Waals surface area contributed by atoms with Crippen molar-refractivity contribution < 1.29 is 14.6 Å². The van der Waals surface area contributed by atoms with Gasteiger partial charge in [-0.3, -0.25) is 0 Å². The topological polar surface area (TPSA) is 38.7 Å². The molecule has 0 spiro atoms. The van der Waals surface area contributed by atoms with Gasteiger partial charge in [0.15, 0.2) is 6.79 Å². The van der Waals surface area contributed by atoms with Gasteiger partial charge in [0, 0.05) is 7.11 Å². The van der Waals surface area contributed by atoms with Gasteiger partial charge in [-0.2, -0.15) is 0 Å². The summed E-state index contributed by atoms with van der Waals surface area (Å²) in [6, 6.07) is 8.04. The molecule has 1 N–H and O–H groups in total. The SMILES string of the molecule is COCOc1ccc(C[C@H]2CCC[C@@H]2O)cc1. The van der Waals surface area contributed by atoms with Crippen molar-refractivity contribution in [1.82, 2.24) is 0 Å². The minimum Gasteiger partial charge on any atom is -0.468 e. The van der Waals surface area contributed by atoms with Crippen molar-refractivity contribution in [2.24, 2.45) is 5.92 Å². The molecule has 0 aliphatic heterocycles. The summed E-state index contributed by atoms with van der Waals surface area (Å²) in [7, 11) is 1.61. The highest BCUT2D eigenvalue weighted by atomic mass is 16.7. The van der Waals surface area contributed by atoms with Crippen LogP contribution in [0.25, 0.3) is 0 Å². The summed E-state index contributed by atoms with van der Waals surface area (Å²) in [6.07, 6.45) is 4.11. The predicted octanol–water partition coefficient (Wildman–Crippen LogP) is 2.37. The first-order valence-corrected chi connectivity index (χ1v) is 6.18. The van der Waals surface area contributed by atoms with Crippen LogP contribution < -0.4 is 4.74 Å². The Morgan fingerprint density at radius 2 is 2.00 bits per heavy atom. The minimum absolute atomic E-state index is 0.112. The van der Waals surface area contributed by atoms with Crippen LogP contribution in [0, 0.1) is 5.92 Å². The molecule has 1 aliphatic carbocycles. The monoisotopic (exact) mass is 236 g/mol. The standard InChI is InChI=1S/C14H20O3/c1-16-10-17-13-7-5-11(6-8-13)9-12-3-2-4-14(12)15/h5-8,12,14-15H,2-4,9-10H2,1H3/t12-,14+/m1/s1. The van der Waals surface area contributed by atoms with Crippen LogP contribution in [0.15, 0.2) is 24.3 Å². The molecule has 0 saturated heterocycles. The van der Waals surface area contributed by atoms with E-state index in [1.54, 1.807) is 7.11 Å². The predicted molar refractivity (Wildman–Crippen MR) is 66.0 cm³/mol. The molecule has 3 nitrogen and oxygen atoms in total. The van der Waals surface area contributed by atoms with E-state index in [1.165, 1.54) is 5.56 Å². The highest BCUT2D eigenvalue weighted by Crippen LogP contribution is 2.29. The molecule has 0 bridgehead atoms. The molecule has 1 saturated carbocycles. The van der Waals surface area contributed by atoms with Crippen molar-refractivity contribution in [3.63, 3.8) is 0 Å². The van der Waals surface area contributed by atoms with E-state index in [9.17, 15) is 5.11 Å². The Morgan fingerprint density at radius 1 is 1.24 bits per heavy atom. The maximum Gasteiger partial charge on any atom is 0.188 e. The Kier molecular flexibility index (Phi) is 4.40. The van der Waals surface area contributed by atoms with Crippen molar-refractivity contribution in [2.75, 3.05) is 13.9 Å². The summed E-state index contributed by atoms with van der Waals surface area (Å²) >= 11 is 0. The van der Waals surface area contributed by atoms with Crippen molar-refractivity contribution in [3.8, 4) is 5.75 Å². The van der Waals surface area contributed by atoms with Crippen molar-refractivity contribution in [2.45, 2.75) is 31.8 Å². The van der Waals surface area contributed by atoms with Crippen LogP contribution in [0.4, 0.5) is 0 Å². The molecule has 3 heteroatoms. The lowest BCUT2D eigenvalue weighted by Gasteiger charge is -2.14. The molecule has 2 atom stereocenters. The number of ether oxygens (including phenoxy) is 2. The van der Waals surface area contributed by atoms with Crippen molar-refractivity contribution in [1.29, 1.82) is 0 Å². The lowest BCUT2D eigenvalue weighted by Crippen LogP contribution is -2.15. The van der Waals surface area contributed by atoms with E-state index in [-0.39, 0.29) is 12.9 Å². The molecule has 0 heterocycles. The molecule has 94 valence electrons. The molecule has 0 radical (unpaired) electrons. The zero-order chi connectivity index (χ0) is 12.1. The van der Waals surface area contributed by atoms with Gasteiger partial charge >= 0.3 is 0 Å². The average molecular weight is 236 g/mol. The smallest absolute Gasteiger partial charge is 0.188 e. The summed E-state index contributed by atoms with van der Waals surface area (Å²) in [5.74, 6) is 1.25. The summed E-state index contributed by atoms with van der Waals surface area (Å²) in [5, 5.41) is 9.78. The summed E-state index contributed by atoms with van der Waals surface area (Å²) in [4.78, 5) is 0. The van der Waals surface area contributed by atoms with Crippen LogP contribution in [-0.2, 0) is 11.2 Å². The Balaban J connectivity index is 1.89. The molecule has 17 heavy (non-hydrogen) atoms. The number of hydrogen-bond acceptors (Lipinski definition) is 3. The summed E-state index contributed by atoms with van der Waals surface area (Å²) in [5.41, 5.74) is 1.26. The lowest BCUT2D eigenvalue weighted by atomic mass is 9.96. The van der Waals surface area contributed by atoms with Gasteiger partial charge in [0.25, 0.3) is 0 Å². The maximum atomic E-state index is 9.78. The van der Waals surface area contributed by atoms with E-state index < -0.39 is 0 Å². The van der Waals surface area contributed by atoms with Crippen LogP contribution in [-0.4, -0.2) is 25.1 Å². The largest absolute Gasteiger partial charge is 0.468 e. The molecule has 0 amide bonds. The minimum atomic E-state index is -0.112. The molecule has 1 aliphatic rings. The Bertz CT molecular complexity index is 334. The van der Waals surface area contributed by atoms with Crippen molar-refractivity contribution in [3.05, 3.63) is 29.8 Å². The molecule has 0 aromatic heterocycles. The fraction of sp³-hybridized carbons (Fsp3) is 0.571. The lowest BCUT2D eigenvalue weighted by molar-refractivity contribution is 0.0511. The Morgan fingerprint density at radius 3 is 2.59 bits per heavy atom. The molecular formula is C14H20O3. The second kappa shape index (κ2) is 6.03. The molecule has 1 aromatic carbocycles. The van der Waals surface area contributed by atoms with Gasteiger partial charge in [-0.15, -0.1) is 0 Å². The highest BCUT2D eigenvalue weighted by molar-refractivity contribution is 5.27. The van der Waals surface area contributed by atoms with Gasteiger partial charge in [-0.25, -0.2) is 0 Å². The van der Waals surface area contributed by atoms with E-state index in [1.807, 2.05) is 12.1 Å². The first kappa shape index (κ1) is 12.4.